The molecule has 6 rings (SSSR count). The van der Waals surface area contributed by atoms with Gasteiger partial charge in [0, 0.05) is 13.1 Å². The van der Waals surface area contributed by atoms with E-state index in [0.717, 1.165) is 61.0 Å². The van der Waals surface area contributed by atoms with Crippen molar-refractivity contribution >= 4 is 80.7 Å². The van der Waals surface area contributed by atoms with E-state index in [9.17, 15) is 25.9 Å². The molecule has 292 valence electrons. The predicted molar refractivity (Wildman–Crippen MR) is 221 cm³/mol. The van der Waals surface area contributed by atoms with Gasteiger partial charge in [0.15, 0.2) is 0 Å². The molecule has 4 aromatic rings. The van der Waals surface area contributed by atoms with Gasteiger partial charge in [-0.1, -0.05) is 138 Å². The van der Waals surface area contributed by atoms with Gasteiger partial charge in [-0.05, 0) is 61.1 Å². The van der Waals surface area contributed by atoms with Gasteiger partial charge in [0.1, 0.15) is 20.2 Å². The van der Waals surface area contributed by atoms with Crippen LogP contribution >= 0.6 is 0 Å². The van der Waals surface area contributed by atoms with Crippen LogP contribution in [0.1, 0.15) is 102 Å². The number of hydrogen-bond donors (Lipinski definition) is 2. The van der Waals surface area contributed by atoms with Crippen molar-refractivity contribution in [2.24, 2.45) is 0 Å². The van der Waals surface area contributed by atoms with Gasteiger partial charge in [-0.25, -0.2) is 16.8 Å². The van der Waals surface area contributed by atoms with Gasteiger partial charge in [0.05, 0.1) is 44.9 Å². The Labute approximate surface area is 358 Å². The largest absolute Gasteiger partial charge is 2.00 e. The molecule has 0 saturated carbocycles. The molecule has 2 heterocycles. The van der Waals surface area contributed by atoms with E-state index in [4.69, 9.17) is 0 Å². The van der Waals surface area contributed by atoms with Gasteiger partial charge in [0.25, 0.3) is 0 Å². The molecule has 2 aliphatic heterocycles. The molecule has 0 aliphatic carbocycles. The van der Waals surface area contributed by atoms with Crippen LogP contribution in [0.4, 0.5) is 22.7 Å². The summed E-state index contributed by atoms with van der Waals surface area (Å²) in [5, 5.41) is 6.86. The van der Waals surface area contributed by atoms with Crippen molar-refractivity contribution in [2.75, 3.05) is 20.4 Å². The quantitative estimate of drug-likeness (QED) is 0.0567. The van der Waals surface area contributed by atoms with E-state index in [1.165, 1.54) is 50.7 Å². The maximum absolute atomic E-state index is 11.8. The number of benzene rings is 4. The molecule has 4 aromatic carbocycles. The van der Waals surface area contributed by atoms with E-state index in [-0.39, 0.29) is 59.9 Å². The fraction of sp³-hybridized carbons (Fsp3) is 0.429. The van der Waals surface area contributed by atoms with Crippen LogP contribution in [0.3, 0.4) is 0 Å². The van der Waals surface area contributed by atoms with Crippen LogP contribution in [-0.2, 0) is 33.3 Å². The van der Waals surface area contributed by atoms with E-state index in [1.807, 2.05) is 82.6 Å². The second-order valence-electron chi connectivity index (χ2n) is 14.2. The number of rotatable bonds is 18. The Hall–Kier alpha value is -2.84. The molecule has 0 spiro atoms. The maximum Gasteiger partial charge on any atom is 2.00 e. The second kappa shape index (κ2) is 21.6. The average molecular weight is 815 g/mol. The molecular formula is C42H54CaN4O6S2. The number of nitrogens with zero attached hydrogens (tertiary/aromatic N) is 2. The number of nitrogens with one attached hydrogen (secondary N) is 2. The zero-order chi connectivity index (χ0) is 38.6. The molecule has 2 N–H and O–H groups in total. The summed E-state index contributed by atoms with van der Waals surface area (Å²) in [6, 6.07) is 29.6. The van der Waals surface area contributed by atoms with Crippen LogP contribution in [0.25, 0.3) is 0 Å². The van der Waals surface area contributed by atoms with E-state index in [0.29, 0.717) is 24.5 Å². The van der Waals surface area contributed by atoms with Gasteiger partial charge in [-0.15, -0.1) is 0 Å². The van der Waals surface area contributed by atoms with Crippen LogP contribution < -0.4 is 20.4 Å². The Kier molecular flexibility index (Phi) is 17.6. The summed E-state index contributed by atoms with van der Waals surface area (Å²) in [4.78, 5) is 3.79. The number of anilines is 4. The van der Waals surface area contributed by atoms with E-state index in [2.05, 4.69) is 24.5 Å². The molecule has 10 nitrogen and oxygen atoms in total. The summed E-state index contributed by atoms with van der Waals surface area (Å²) in [5.74, 6) is 0. The normalized spacial score (nSPS) is 15.9. The minimum absolute atomic E-state index is 0. The molecule has 55 heavy (non-hydrogen) atoms. The first-order valence-electron chi connectivity index (χ1n) is 19.3. The molecular weight excluding hydrogens is 761 g/mol. The summed E-state index contributed by atoms with van der Waals surface area (Å²) in [6.07, 6.45) is 13.6. The number of unbranched alkanes of at least 4 members (excludes halogenated alkanes) is 8. The SMILES string of the molecule is CCCCCCCC1Nc2cccc(S(=O)(=O)[O-])c2N1Cc1ccccc1.CCCCCCCC1Nc2cccc(S(=O)(=O)[O-])c2N1Cc1ccccc1.[Ca+2]. The summed E-state index contributed by atoms with van der Waals surface area (Å²) in [6.45, 7) is 5.52. The molecule has 0 bridgehead atoms. The van der Waals surface area contributed by atoms with Gasteiger partial charge < -0.3 is 29.5 Å². The fourth-order valence-corrected chi connectivity index (χ4v) is 8.80. The molecule has 0 saturated heterocycles. The van der Waals surface area contributed by atoms with Crippen LogP contribution in [-0.4, -0.2) is 76.0 Å². The first-order valence-corrected chi connectivity index (χ1v) is 22.1. The van der Waals surface area contributed by atoms with E-state index >= 15 is 0 Å². The van der Waals surface area contributed by atoms with Gasteiger partial charge >= 0.3 is 37.7 Å². The topological polar surface area (TPSA) is 145 Å². The fourth-order valence-electron chi connectivity index (χ4n) is 7.38. The van der Waals surface area contributed by atoms with Crippen molar-refractivity contribution in [3.8, 4) is 0 Å². The van der Waals surface area contributed by atoms with Crippen molar-refractivity contribution in [3.63, 3.8) is 0 Å². The Bertz CT molecular complexity index is 1860. The van der Waals surface area contributed by atoms with E-state index in [1.54, 1.807) is 12.1 Å². The monoisotopic (exact) mass is 814 g/mol. The van der Waals surface area contributed by atoms with Crippen molar-refractivity contribution in [1.82, 2.24) is 0 Å². The molecule has 13 heteroatoms. The summed E-state index contributed by atoms with van der Waals surface area (Å²) in [5.41, 5.74) is 4.63. The molecule has 2 aliphatic rings. The standard InChI is InChI=1S/2C21H28N2O3S.Ca/c2*1-2-3-4-5-9-15-20-22-18-13-10-14-19(27(24,25)26)21(18)23(20)16-17-11-7-6-8-12-17;/h2*6-8,10-14,20,22H,2-5,9,15-16H2,1H3,(H,24,25,26);/q;;+2/p-2. The van der Waals surface area contributed by atoms with Crippen LogP contribution in [0.5, 0.6) is 0 Å². The third kappa shape index (κ3) is 12.6. The minimum Gasteiger partial charge on any atom is -0.744 e. The molecule has 0 aromatic heterocycles. The zero-order valence-electron chi connectivity index (χ0n) is 32.2. The van der Waals surface area contributed by atoms with Gasteiger partial charge in [-0.3, -0.25) is 0 Å². The van der Waals surface area contributed by atoms with Crippen molar-refractivity contribution in [3.05, 3.63) is 108 Å². The second-order valence-corrected chi connectivity index (χ2v) is 16.9. The van der Waals surface area contributed by atoms with Crippen LogP contribution in [0.2, 0.25) is 0 Å². The smallest absolute Gasteiger partial charge is 0.744 e. The minimum atomic E-state index is -4.54. The molecule has 2 unspecified atom stereocenters. The number of hydrogen-bond acceptors (Lipinski definition) is 10. The number of fused-ring (bicyclic) bond motifs is 2. The summed E-state index contributed by atoms with van der Waals surface area (Å²) < 4.78 is 70.9. The first kappa shape index (κ1) is 44.9. The summed E-state index contributed by atoms with van der Waals surface area (Å²) in [7, 11) is -9.08. The Morgan fingerprint density at radius 1 is 0.509 bits per heavy atom. The molecule has 0 radical (unpaired) electrons. The molecule has 0 fully saturated rings. The van der Waals surface area contributed by atoms with Crippen LogP contribution in [0, 0.1) is 0 Å². The first-order chi connectivity index (χ1) is 26.0. The van der Waals surface area contributed by atoms with Crippen molar-refractivity contribution in [2.45, 2.75) is 126 Å². The zero-order valence-corrected chi connectivity index (χ0v) is 36.0. The van der Waals surface area contributed by atoms with Gasteiger partial charge in [-0.2, -0.15) is 0 Å². The summed E-state index contributed by atoms with van der Waals surface area (Å²) >= 11 is 0. The predicted octanol–water partition coefficient (Wildman–Crippen LogP) is 9.04. The van der Waals surface area contributed by atoms with Crippen molar-refractivity contribution < 1.29 is 25.9 Å². The Balaban J connectivity index is 0.000000240. The Morgan fingerprint density at radius 2 is 0.873 bits per heavy atom. The maximum atomic E-state index is 11.8. The average Bonchev–Trinajstić information content (AvgIpc) is 3.68. The Morgan fingerprint density at radius 3 is 1.22 bits per heavy atom. The number of para-hydroxylation sites is 2. The third-order valence-electron chi connectivity index (χ3n) is 10.1. The molecule has 0 amide bonds. The molecule has 2 atom stereocenters. The van der Waals surface area contributed by atoms with Crippen LogP contribution in [0.15, 0.2) is 107 Å². The third-order valence-corrected chi connectivity index (χ3v) is 11.8. The van der Waals surface area contributed by atoms with Crippen molar-refractivity contribution in [1.29, 1.82) is 0 Å². The van der Waals surface area contributed by atoms with Gasteiger partial charge in [0.2, 0.25) is 0 Å². The van der Waals surface area contributed by atoms with E-state index < -0.39 is 20.2 Å².